The van der Waals surface area contributed by atoms with Crippen LogP contribution in [-0.4, -0.2) is 19.7 Å². The molecule has 2 aromatic heterocycles. The Balaban J connectivity index is 1.53. The lowest BCUT2D eigenvalue weighted by Gasteiger charge is -2.17. The van der Waals surface area contributed by atoms with E-state index in [1.807, 2.05) is 53.2 Å². The topological polar surface area (TPSA) is 50.4 Å². The molecule has 2 N–H and O–H groups in total. The highest BCUT2D eigenvalue weighted by molar-refractivity contribution is 7.10. The predicted octanol–water partition coefficient (Wildman–Crippen LogP) is 4.45. The van der Waals surface area contributed by atoms with Gasteiger partial charge < -0.3 is 15.4 Å². The van der Waals surface area contributed by atoms with E-state index in [9.17, 15) is 4.79 Å². The van der Waals surface area contributed by atoms with Crippen LogP contribution in [-0.2, 0) is 6.42 Å². The van der Waals surface area contributed by atoms with Crippen LogP contribution < -0.4 is 15.4 Å². The second-order valence-corrected chi connectivity index (χ2v) is 7.26. The zero-order chi connectivity index (χ0) is 17.5. The van der Waals surface area contributed by atoms with E-state index in [0.29, 0.717) is 6.54 Å². The average Bonchev–Trinajstić information content (AvgIpc) is 3.34. The quantitative estimate of drug-likeness (QED) is 0.644. The van der Waals surface area contributed by atoms with Crippen LogP contribution in [0.4, 0.5) is 4.79 Å². The lowest BCUT2D eigenvalue weighted by molar-refractivity contribution is 0.239. The van der Waals surface area contributed by atoms with Crippen LogP contribution in [0.1, 0.15) is 22.0 Å². The van der Waals surface area contributed by atoms with Crippen molar-refractivity contribution < 1.29 is 9.53 Å². The summed E-state index contributed by atoms with van der Waals surface area (Å²) in [7, 11) is 1.65. The van der Waals surface area contributed by atoms with Crippen molar-refractivity contribution in [2.75, 3.05) is 13.7 Å². The molecule has 3 aromatic rings. The summed E-state index contributed by atoms with van der Waals surface area (Å²) in [6.45, 7) is 0.582. The summed E-state index contributed by atoms with van der Waals surface area (Å²) in [6.07, 6.45) is 0.777. The second kappa shape index (κ2) is 8.69. The molecule has 1 unspecified atom stereocenters. The molecule has 25 heavy (non-hydrogen) atoms. The van der Waals surface area contributed by atoms with E-state index in [4.69, 9.17) is 4.74 Å². The molecule has 0 saturated heterocycles. The third-order valence-electron chi connectivity index (χ3n) is 3.84. The highest BCUT2D eigenvalue weighted by Gasteiger charge is 2.17. The maximum Gasteiger partial charge on any atom is 0.315 e. The minimum Gasteiger partial charge on any atom is -0.497 e. The number of nitrogens with one attached hydrogen (secondary N) is 2. The summed E-state index contributed by atoms with van der Waals surface area (Å²) < 4.78 is 5.15. The number of carbonyl (C=O) groups excluding carboxylic acids is 1. The Kier molecular flexibility index (Phi) is 6.09. The molecule has 0 bridgehead atoms. The van der Waals surface area contributed by atoms with Gasteiger partial charge in [0.2, 0.25) is 0 Å². The average molecular weight is 373 g/mol. The minimum absolute atomic E-state index is 0.104. The van der Waals surface area contributed by atoms with Gasteiger partial charge in [-0.15, -0.1) is 11.3 Å². The van der Waals surface area contributed by atoms with Gasteiger partial charge in [0.05, 0.1) is 13.2 Å². The maximum atomic E-state index is 12.3. The van der Waals surface area contributed by atoms with Crippen molar-refractivity contribution >= 4 is 28.7 Å². The van der Waals surface area contributed by atoms with E-state index in [1.54, 1.807) is 29.8 Å². The summed E-state index contributed by atoms with van der Waals surface area (Å²) in [5.74, 6) is 0.837. The van der Waals surface area contributed by atoms with Gasteiger partial charge in [-0.2, -0.15) is 11.3 Å². The summed E-state index contributed by atoms with van der Waals surface area (Å²) in [5.41, 5.74) is 2.27. The molecule has 0 aliphatic carbocycles. The summed E-state index contributed by atoms with van der Waals surface area (Å²) in [5, 5.41) is 12.1. The highest BCUT2D eigenvalue weighted by atomic mass is 32.1. The van der Waals surface area contributed by atoms with Gasteiger partial charge >= 0.3 is 6.03 Å². The van der Waals surface area contributed by atoms with Gasteiger partial charge in [0.15, 0.2) is 0 Å². The monoisotopic (exact) mass is 372 g/mol. The molecule has 1 aromatic carbocycles. The highest BCUT2D eigenvalue weighted by Crippen LogP contribution is 2.27. The second-order valence-electron chi connectivity index (χ2n) is 5.50. The number of benzene rings is 1. The molecule has 4 nitrogen and oxygen atoms in total. The van der Waals surface area contributed by atoms with Crippen LogP contribution >= 0.6 is 22.7 Å². The first-order valence-electron chi connectivity index (χ1n) is 7.99. The molecule has 2 amide bonds. The van der Waals surface area contributed by atoms with E-state index < -0.39 is 0 Å². The molecule has 130 valence electrons. The molecule has 3 rings (SSSR count). The fourth-order valence-corrected chi connectivity index (χ4v) is 4.00. The van der Waals surface area contributed by atoms with Crippen molar-refractivity contribution in [3.05, 3.63) is 74.6 Å². The van der Waals surface area contributed by atoms with Crippen LogP contribution in [0.5, 0.6) is 5.75 Å². The number of amides is 2. The molecule has 0 spiro atoms. The van der Waals surface area contributed by atoms with E-state index in [2.05, 4.69) is 16.0 Å². The zero-order valence-corrected chi connectivity index (χ0v) is 15.5. The molecular weight excluding hydrogens is 352 g/mol. The SMILES string of the molecule is COc1ccc(CCNC(=O)NC(c2ccsc2)c2cccs2)cc1. The molecule has 0 saturated carbocycles. The number of hydrogen-bond donors (Lipinski definition) is 2. The Morgan fingerprint density at radius 1 is 1.16 bits per heavy atom. The zero-order valence-electron chi connectivity index (χ0n) is 13.9. The van der Waals surface area contributed by atoms with Crippen LogP contribution in [0.25, 0.3) is 0 Å². The van der Waals surface area contributed by atoms with Gasteiger partial charge in [-0.3, -0.25) is 0 Å². The first-order valence-corrected chi connectivity index (χ1v) is 9.81. The number of thiophene rings is 2. The van der Waals surface area contributed by atoms with Crippen molar-refractivity contribution in [3.8, 4) is 5.75 Å². The molecular formula is C19H20N2O2S2. The van der Waals surface area contributed by atoms with E-state index in [0.717, 1.165) is 28.2 Å². The van der Waals surface area contributed by atoms with Crippen molar-refractivity contribution in [1.82, 2.24) is 10.6 Å². The van der Waals surface area contributed by atoms with Crippen molar-refractivity contribution in [3.63, 3.8) is 0 Å². The number of carbonyl (C=O) groups is 1. The minimum atomic E-state index is -0.155. The van der Waals surface area contributed by atoms with Crippen molar-refractivity contribution in [1.29, 1.82) is 0 Å². The smallest absolute Gasteiger partial charge is 0.315 e. The Bertz CT molecular complexity index is 734. The standard InChI is InChI=1S/C19H20N2O2S2/c1-23-16-6-4-14(5-7-16)8-10-20-19(22)21-18(15-9-12-24-13-15)17-3-2-11-25-17/h2-7,9,11-13,18H,8,10H2,1H3,(H2,20,21,22). The fourth-order valence-electron chi connectivity index (χ4n) is 2.51. The molecule has 0 aliphatic rings. The number of methoxy groups -OCH3 is 1. The summed E-state index contributed by atoms with van der Waals surface area (Å²) >= 11 is 3.28. The van der Waals surface area contributed by atoms with Gasteiger partial charge in [-0.25, -0.2) is 4.79 Å². The van der Waals surface area contributed by atoms with Gasteiger partial charge in [-0.1, -0.05) is 18.2 Å². The summed E-state index contributed by atoms with van der Waals surface area (Å²) in [4.78, 5) is 13.4. The van der Waals surface area contributed by atoms with Crippen LogP contribution in [0.2, 0.25) is 0 Å². The number of hydrogen-bond acceptors (Lipinski definition) is 4. The predicted molar refractivity (Wildman–Crippen MR) is 104 cm³/mol. The van der Waals surface area contributed by atoms with Crippen molar-refractivity contribution in [2.45, 2.75) is 12.5 Å². The van der Waals surface area contributed by atoms with Gasteiger partial charge in [0.25, 0.3) is 0 Å². The fraction of sp³-hybridized carbons (Fsp3) is 0.211. The Morgan fingerprint density at radius 3 is 2.64 bits per heavy atom. The van der Waals surface area contributed by atoms with E-state index in [1.165, 1.54) is 0 Å². The maximum absolute atomic E-state index is 12.3. The van der Waals surface area contributed by atoms with E-state index >= 15 is 0 Å². The van der Waals surface area contributed by atoms with Crippen LogP contribution in [0, 0.1) is 0 Å². The Morgan fingerprint density at radius 2 is 2.00 bits per heavy atom. The number of urea groups is 1. The van der Waals surface area contributed by atoms with Gasteiger partial charge in [0.1, 0.15) is 5.75 Å². The van der Waals surface area contributed by atoms with Crippen LogP contribution in [0.3, 0.4) is 0 Å². The third-order valence-corrected chi connectivity index (χ3v) is 5.48. The summed E-state index contributed by atoms with van der Waals surface area (Å²) in [6, 6.07) is 13.7. The van der Waals surface area contributed by atoms with Gasteiger partial charge in [0, 0.05) is 11.4 Å². The number of rotatable bonds is 7. The first kappa shape index (κ1) is 17.5. The largest absolute Gasteiger partial charge is 0.497 e. The normalized spacial score (nSPS) is 11.7. The Hall–Kier alpha value is -2.31. The molecule has 6 heteroatoms. The van der Waals surface area contributed by atoms with Crippen molar-refractivity contribution in [2.24, 2.45) is 0 Å². The molecule has 1 atom stereocenters. The van der Waals surface area contributed by atoms with E-state index in [-0.39, 0.29) is 12.1 Å². The first-order chi connectivity index (χ1) is 12.3. The molecule has 0 fully saturated rings. The van der Waals surface area contributed by atoms with Crippen LogP contribution in [0.15, 0.2) is 58.6 Å². The molecule has 0 aliphatic heterocycles. The van der Waals surface area contributed by atoms with Gasteiger partial charge in [-0.05, 0) is 58.0 Å². The molecule has 0 radical (unpaired) electrons. The number of ether oxygens (including phenoxy) is 1. The Labute approximate surface area is 155 Å². The third kappa shape index (κ3) is 4.84. The molecule has 2 heterocycles. The lowest BCUT2D eigenvalue weighted by Crippen LogP contribution is -2.38. The lowest BCUT2D eigenvalue weighted by atomic mass is 10.1.